The Bertz CT molecular complexity index is 1690. The highest BCUT2D eigenvalue weighted by Crippen LogP contribution is 2.69. The van der Waals surface area contributed by atoms with E-state index in [1.165, 1.54) is 9.47 Å². The fraction of sp³-hybridized carbons (Fsp3) is 0.478. The minimum atomic E-state index is -5.69. The van der Waals surface area contributed by atoms with Crippen molar-refractivity contribution >= 4 is 43.8 Å². The molecule has 2 atom stereocenters. The van der Waals surface area contributed by atoms with E-state index in [-0.39, 0.29) is 54.4 Å². The lowest BCUT2D eigenvalue weighted by Gasteiger charge is -2.38. The summed E-state index contributed by atoms with van der Waals surface area (Å²) in [4.78, 5) is 78.2. The molecule has 0 radical (unpaired) electrons. The number of rotatable bonds is 6. The number of carboxylic acids is 1. The number of nitrogens with zero attached hydrogens (tertiary/aromatic N) is 4. The Morgan fingerprint density at radius 1 is 1.19 bits per heavy atom. The van der Waals surface area contributed by atoms with E-state index in [1.54, 1.807) is 0 Å². The molecule has 19 heteroatoms. The minimum absolute atomic E-state index is 0.0533. The summed E-state index contributed by atoms with van der Waals surface area (Å²) in [5, 5.41) is 15.9. The van der Waals surface area contributed by atoms with Gasteiger partial charge < -0.3 is 43.6 Å². The van der Waals surface area contributed by atoms with E-state index < -0.39 is 61.3 Å². The van der Waals surface area contributed by atoms with Gasteiger partial charge in [-0.05, 0) is 25.8 Å². The predicted octanol–water partition coefficient (Wildman–Crippen LogP) is 1.10. The lowest BCUT2D eigenvalue weighted by molar-refractivity contribution is -0.0486. The molecule has 1 aromatic heterocycles. The number of benzene rings is 1. The second-order valence-electron chi connectivity index (χ2n) is 10.4. The first-order valence-electron chi connectivity index (χ1n) is 12.5. The topological polar surface area (TPSA) is 240 Å². The molecule has 226 valence electrons. The number of amides is 1. The van der Waals surface area contributed by atoms with Crippen molar-refractivity contribution < 1.29 is 57.3 Å². The van der Waals surface area contributed by atoms with E-state index >= 15 is 4.39 Å². The van der Waals surface area contributed by atoms with E-state index in [0.29, 0.717) is 19.8 Å². The zero-order valence-electron chi connectivity index (χ0n) is 21.8. The molecule has 0 spiro atoms. The number of nitriles is 1. The molecule has 2 aromatic rings. The average Bonchev–Trinajstić information content (AvgIpc) is 3.64. The molecule has 3 heterocycles. The van der Waals surface area contributed by atoms with E-state index in [2.05, 4.69) is 0 Å². The van der Waals surface area contributed by atoms with Crippen LogP contribution in [-0.2, 0) is 18.6 Å². The molecule has 5 N–H and O–H groups in total. The minimum Gasteiger partial charge on any atom is -0.477 e. The van der Waals surface area contributed by atoms with Gasteiger partial charge in [0.05, 0.1) is 35.3 Å². The predicted molar refractivity (Wildman–Crippen MR) is 140 cm³/mol. The van der Waals surface area contributed by atoms with Crippen molar-refractivity contribution in [2.45, 2.75) is 43.0 Å². The van der Waals surface area contributed by atoms with Crippen LogP contribution in [0, 0.1) is 17.1 Å². The molecule has 3 aliphatic rings. The second kappa shape index (κ2) is 10.1. The van der Waals surface area contributed by atoms with E-state index in [1.807, 2.05) is 6.07 Å². The van der Waals surface area contributed by atoms with Gasteiger partial charge in [0.1, 0.15) is 23.0 Å². The number of halogens is 1. The fourth-order valence-electron chi connectivity index (χ4n) is 5.30. The van der Waals surface area contributed by atoms with Gasteiger partial charge in [0.25, 0.3) is 0 Å². The number of aromatic carboxylic acids is 1. The van der Waals surface area contributed by atoms with Crippen LogP contribution in [0.5, 0.6) is 0 Å². The molecule has 1 saturated carbocycles. The van der Waals surface area contributed by atoms with Crippen LogP contribution in [0.4, 0.5) is 14.9 Å². The summed E-state index contributed by atoms with van der Waals surface area (Å²) in [5.41, 5.74) is -1.95. The molecule has 1 aromatic carbocycles. The van der Waals surface area contributed by atoms with Crippen LogP contribution in [0.25, 0.3) is 10.9 Å². The van der Waals surface area contributed by atoms with Crippen LogP contribution in [0.3, 0.4) is 0 Å². The number of anilines is 1. The van der Waals surface area contributed by atoms with Gasteiger partial charge in [-0.3, -0.25) is 18.8 Å². The molecular formula is C23H25FN4O12P2. The lowest BCUT2D eigenvalue weighted by Crippen LogP contribution is -2.54. The highest BCUT2D eigenvalue weighted by molar-refractivity contribution is 7.72. The first-order chi connectivity index (χ1) is 19.5. The number of carboxylic acid groups (broad SMARTS) is 1. The molecule has 16 nitrogen and oxygen atoms in total. The largest absolute Gasteiger partial charge is 0.477 e. The van der Waals surface area contributed by atoms with Gasteiger partial charge in [0.2, 0.25) is 5.43 Å². The quantitative estimate of drug-likeness (QED) is 0.281. The Hall–Kier alpha value is -3.35. The van der Waals surface area contributed by atoms with E-state index in [9.17, 15) is 53.5 Å². The van der Waals surface area contributed by atoms with Crippen molar-refractivity contribution in [3.05, 3.63) is 39.4 Å². The van der Waals surface area contributed by atoms with Gasteiger partial charge in [0.15, 0.2) is 0 Å². The second-order valence-corrected chi connectivity index (χ2v) is 14.6. The Balaban J connectivity index is 1.54. The maximum Gasteiger partial charge on any atom is 0.412 e. The molecule has 1 aliphatic carbocycles. The third kappa shape index (κ3) is 4.79. The number of carbonyl (C=O) groups excluding carboxylic acids is 1. The van der Waals surface area contributed by atoms with Crippen molar-refractivity contribution in [2.75, 3.05) is 31.1 Å². The highest BCUT2D eigenvalue weighted by atomic mass is 31.2. The number of aromatic nitrogens is 1. The van der Waals surface area contributed by atoms with E-state index in [0.717, 1.165) is 17.2 Å². The van der Waals surface area contributed by atoms with Gasteiger partial charge in [-0.2, -0.15) is 5.26 Å². The smallest absolute Gasteiger partial charge is 0.412 e. The third-order valence-corrected chi connectivity index (χ3v) is 11.6. The zero-order chi connectivity index (χ0) is 30.9. The summed E-state index contributed by atoms with van der Waals surface area (Å²) < 4.78 is 51.4. The Morgan fingerprint density at radius 2 is 1.83 bits per heavy atom. The van der Waals surface area contributed by atoms with Crippen molar-refractivity contribution in [3.8, 4) is 6.07 Å². The van der Waals surface area contributed by atoms with Gasteiger partial charge in [-0.1, -0.05) is 0 Å². The monoisotopic (exact) mass is 630 g/mol. The maximum atomic E-state index is 15.7. The van der Waals surface area contributed by atoms with Crippen LogP contribution < -0.4 is 10.3 Å². The zero-order valence-corrected chi connectivity index (χ0v) is 23.6. The van der Waals surface area contributed by atoms with Crippen LogP contribution in [0.1, 0.15) is 41.7 Å². The lowest BCUT2D eigenvalue weighted by atomic mass is 10.0. The number of ether oxygens (including phenoxy) is 2. The number of morpholine rings is 1. The van der Waals surface area contributed by atoms with Gasteiger partial charge in [0, 0.05) is 31.9 Å². The Morgan fingerprint density at radius 3 is 2.38 bits per heavy atom. The number of fused-ring (bicyclic) bond motifs is 2. The highest BCUT2D eigenvalue weighted by Gasteiger charge is 2.61. The summed E-state index contributed by atoms with van der Waals surface area (Å²) in [7, 11) is -11.4. The molecule has 1 amide bonds. The standard InChI is InChI=1S/C23H25FN4O12P2/c1-23(41(33,34)35,42(36,37)38)40-22(32)27-4-5-39-17-10-26(9-16(17)27)19-13(7-25)18-12(6-15(19)24)20(29)14(21(30)31)8-28(18)11-2-3-11/h6,8,11,16-17H,2-5,9-10H2,1H3,(H,30,31)(H2,33,34,35)(H2,36,37,38)/t16-,17-/m0/s1. The first kappa shape index (κ1) is 30.1. The summed E-state index contributed by atoms with van der Waals surface area (Å²) >= 11 is 0. The normalized spacial score (nSPS) is 21.3. The van der Waals surface area contributed by atoms with E-state index in [4.69, 9.17) is 9.47 Å². The van der Waals surface area contributed by atoms with Gasteiger partial charge >= 0.3 is 32.3 Å². The third-order valence-electron chi connectivity index (χ3n) is 7.74. The fourth-order valence-corrected chi connectivity index (χ4v) is 7.05. The van der Waals surface area contributed by atoms with Crippen LogP contribution in [0.15, 0.2) is 17.1 Å². The number of carbonyl (C=O) groups is 2. The Kier molecular flexibility index (Phi) is 7.27. The SMILES string of the molecule is CC(OC(=O)N1CCO[C@H]2CN(c3c(F)cc4c(=O)c(C(=O)O)cn(C5CC5)c4c3C#N)C[C@@H]21)(P(=O)(O)O)P(=O)(O)O. The molecule has 3 fully saturated rings. The number of pyridine rings is 1. The molecular weight excluding hydrogens is 605 g/mol. The Labute approximate surface area is 235 Å². The summed E-state index contributed by atoms with van der Waals surface area (Å²) in [6.07, 6.45) is 0.152. The molecule has 42 heavy (non-hydrogen) atoms. The number of hydrogen-bond acceptors (Lipinski definition) is 9. The van der Waals surface area contributed by atoms with Gasteiger partial charge in [-0.15, -0.1) is 0 Å². The molecule has 2 saturated heterocycles. The summed E-state index contributed by atoms with van der Waals surface area (Å²) in [6, 6.07) is 1.63. The van der Waals surface area contributed by atoms with Gasteiger partial charge in [-0.25, -0.2) is 14.0 Å². The van der Waals surface area contributed by atoms with Crippen LogP contribution >= 0.6 is 15.2 Å². The summed E-state index contributed by atoms with van der Waals surface area (Å²) in [6.45, 7) is -0.154. The maximum absolute atomic E-state index is 15.7. The average molecular weight is 630 g/mol. The molecule has 2 aliphatic heterocycles. The van der Waals surface area contributed by atoms with Crippen LogP contribution in [0.2, 0.25) is 0 Å². The van der Waals surface area contributed by atoms with Crippen molar-refractivity contribution in [3.63, 3.8) is 0 Å². The van der Waals surface area contributed by atoms with Crippen molar-refractivity contribution in [1.29, 1.82) is 5.26 Å². The van der Waals surface area contributed by atoms with Crippen molar-refractivity contribution in [2.24, 2.45) is 0 Å². The molecule has 5 rings (SSSR count). The number of hydrogen-bond donors (Lipinski definition) is 5. The summed E-state index contributed by atoms with van der Waals surface area (Å²) in [5.74, 6) is -2.51. The van der Waals surface area contributed by atoms with Crippen LogP contribution in [-0.4, -0.2) is 89.7 Å². The molecule has 0 unspecified atom stereocenters. The first-order valence-corrected chi connectivity index (χ1v) is 15.7. The molecule has 0 bridgehead atoms. The van der Waals surface area contributed by atoms with Crippen molar-refractivity contribution in [1.82, 2.24) is 9.47 Å².